The molecule has 0 spiro atoms. The van der Waals surface area contributed by atoms with E-state index in [9.17, 15) is 9.18 Å². The summed E-state index contributed by atoms with van der Waals surface area (Å²) in [6, 6.07) is 15.5. The van der Waals surface area contributed by atoms with E-state index in [0.717, 1.165) is 16.7 Å². The van der Waals surface area contributed by atoms with Crippen molar-refractivity contribution in [3.63, 3.8) is 0 Å². The summed E-state index contributed by atoms with van der Waals surface area (Å²) in [4.78, 5) is 20.5. The second-order valence-corrected chi connectivity index (χ2v) is 5.77. The number of nitrogens with one attached hydrogen (secondary N) is 2. The Morgan fingerprint density at radius 3 is 2.27 bits per heavy atom. The summed E-state index contributed by atoms with van der Waals surface area (Å²) < 4.78 is 12.8. The van der Waals surface area contributed by atoms with Crippen LogP contribution in [-0.2, 0) is 13.0 Å². The average Bonchev–Trinajstić information content (AvgIpc) is 2.69. The quantitative estimate of drug-likeness (QED) is 0.717. The Kier molecular flexibility index (Phi) is 5.88. The molecule has 2 aromatic carbocycles. The lowest BCUT2D eigenvalue weighted by Crippen LogP contribution is -2.36. The van der Waals surface area contributed by atoms with Crippen molar-refractivity contribution in [3.8, 4) is 11.4 Å². The molecule has 26 heavy (non-hydrogen) atoms. The molecular formula is C20H19FN4O. The molecule has 0 bridgehead atoms. The van der Waals surface area contributed by atoms with Crippen LogP contribution in [0.2, 0.25) is 0 Å². The highest BCUT2D eigenvalue weighted by molar-refractivity contribution is 5.73. The van der Waals surface area contributed by atoms with E-state index in [4.69, 9.17) is 0 Å². The predicted octanol–water partition coefficient (Wildman–Crippen LogP) is 3.32. The summed E-state index contributed by atoms with van der Waals surface area (Å²) in [5, 5.41) is 5.51. The summed E-state index contributed by atoms with van der Waals surface area (Å²) >= 11 is 0. The van der Waals surface area contributed by atoms with Gasteiger partial charge in [-0.15, -0.1) is 0 Å². The first-order chi connectivity index (χ1) is 12.7. The van der Waals surface area contributed by atoms with Crippen molar-refractivity contribution in [3.05, 3.63) is 83.9 Å². The average molecular weight is 350 g/mol. The van der Waals surface area contributed by atoms with Crippen LogP contribution in [0.3, 0.4) is 0 Å². The minimum Gasteiger partial charge on any atom is -0.338 e. The van der Waals surface area contributed by atoms with Crippen LogP contribution in [0.25, 0.3) is 11.4 Å². The van der Waals surface area contributed by atoms with Crippen LogP contribution in [0.5, 0.6) is 0 Å². The molecule has 1 heterocycles. The lowest BCUT2D eigenvalue weighted by Gasteiger charge is -2.08. The number of carbonyl (C=O) groups excluding carboxylic acids is 1. The zero-order valence-corrected chi connectivity index (χ0v) is 14.2. The number of urea groups is 1. The molecule has 5 nitrogen and oxygen atoms in total. The number of aromatic nitrogens is 2. The minimum absolute atomic E-state index is 0.267. The third-order valence-electron chi connectivity index (χ3n) is 3.80. The van der Waals surface area contributed by atoms with E-state index in [0.29, 0.717) is 25.3 Å². The summed E-state index contributed by atoms with van der Waals surface area (Å²) in [6.07, 6.45) is 4.18. The standard InChI is InChI=1S/C20H19FN4O/c21-18-8-6-15(7-9-18)12-25-20(26)22-11-10-16-13-23-19(24-14-16)17-4-2-1-3-5-17/h1-9,13-14H,10-12H2,(H2,22,25,26). The summed E-state index contributed by atoms with van der Waals surface area (Å²) in [5.41, 5.74) is 2.76. The molecule has 0 atom stereocenters. The molecule has 2 N–H and O–H groups in total. The molecule has 0 radical (unpaired) electrons. The van der Waals surface area contributed by atoms with Crippen LogP contribution in [0.1, 0.15) is 11.1 Å². The van der Waals surface area contributed by atoms with Crippen LogP contribution in [0.15, 0.2) is 67.0 Å². The zero-order chi connectivity index (χ0) is 18.2. The van der Waals surface area contributed by atoms with Gasteiger partial charge in [0.2, 0.25) is 0 Å². The van der Waals surface area contributed by atoms with Gasteiger partial charge in [-0.25, -0.2) is 19.2 Å². The van der Waals surface area contributed by atoms with Gasteiger partial charge in [0.25, 0.3) is 0 Å². The molecule has 0 aliphatic heterocycles. The molecule has 0 aliphatic rings. The molecule has 6 heteroatoms. The molecule has 0 unspecified atom stereocenters. The van der Waals surface area contributed by atoms with Crippen molar-refractivity contribution in [1.82, 2.24) is 20.6 Å². The van der Waals surface area contributed by atoms with Crippen LogP contribution in [0, 0.1) is 5.82 Å². The van der Waals surface area contributed by atoms with Gasteiger partial charge in [-0.1, -0.05) is 42.5 Å². The van der Waals surface area contributed by atoms with Gasteiger partial charge in [0.15, 0.2) is 5.82 Å². The number of hydrogen-bond acceptors (Lipinski definition) is 3. The van der Waals surface area contributed by atoms with Crippen molar-refractivity contribution in [2.75, 3.05) is 6.54 Å². The molecule has 0 saturated carbocycles. The number of nitrogens with zero attached hydrogens (tertiary/aromatic N) is 2. The fourth-order valence-electron chi connectivity index (χ4n) is 2.39. The largest absolute Gasteiger partial charge is 0.338 e. The normalized spacial score (nSPS) is 10.3. The molecule has 132 valence electrons. The van der Waals surface area contributed by atoms with Crippen molar-refractivity contribution in [1.29, 1.82) is 0 Å². The number of rotatable bonds is 6. The molecule has 1 aromatic heterocycles. The Morgan fingerprint density at radius 2 is 1.58 bits per heavy atom. The molecule has 0 fully saturated rings. The van der Waals surface area contributed by atoms with Crippen molar-refractivity contribution >= 4 is 6.03 Å². The number of hydrogen-bond donors (Lipinski definition) is 2. The van der Waals surface area contributed by atoms with Gasteiger partial charge >= 0.3 is 6.03 Å². The van der Waals surface area contributed by atoms with Gasteiger partial charge in [0.05, 0.1) is 0 Å². The Hall–Kier alpha value is -3.28. The maximum absolute atomic E-state index is 12.8. The maximum Gasteiger partial charge on any atom is 0.315 e. The second-order valence-electron chi connectivity index (χ2n) is 5.77. The summed E-state index contributed by atoms with van der Waals surface area (Å²) in [6.45, 7) is 0.824. The van der Waals surface area contributed by atoms with Crippen molar-refractivity contribution in [2.24, 2.45) is 0 Å². The zero-order valence-electron chi connectivity index (χ0n) is 14.2. The third kappa shape index (κ3) is 5.11. The third-order valence-corrected chi connectivity index (χ3v) is 3.80. The molecule has 3 rings (SSSR count). The highest BCUT2D eigenvalue weighted by Gasteiger charge is 2.03. The SMILES string of the molecule is O=C(NCCc1cnc(-c2ccccc2)nc1)NCc1ccc(F)cc1. The molecule has 2 amide bonds. The summed E-state index contributed by atoms with van der Waals surface area (Å²) in [7, 11) is 0. The lowest BCUT2D eigenvalue weighted by molar-refractivity contribution is 0.240. The topological polar surface area (TPSA) is 66.9 Å². The van der Waals surface area contributed by atoms with Crippen LogP contribution < -0.4 is 10.6 Å². The highest BCUT2D eigenvalue weighted by atomic mass is 19.1. The number of benzene rings is 2. The van der Waals surface area contributed by atoms with Gasteiger partial charge in [0, 0.05) is 31.0 Å². The van der Waals surface area contributed by atoms with E-state index in [2.05, 4.69) is 20.6 Å². The van der Waals surface area contributed by atoms with E-state index >= 15 is 0 Å². The Labute approximate surface area is 151 Å². The van der Waals surface area contributed by atoms with Gasteiger partial charge in [-0.3, -0.25) is 0 Å². The number of carbonyl (C=O) groups is 1. The summed E-state index contributed by atoms with van der Waals surface area (Å²) in [5.74, 6) is 0.387. The maximum atomic E-state index is 12.8. The van der Waals surface area contributed by atoms with Crippen molar-refractivity contribution in [2.45, 2.75) is 13.0 Å². The van der Waals surface area contributed by atoms with Crippen molar-refractivity contribution < 1.29 is 9.18 Å². The monoisotopic (exact) mass is 350 g/mol. The Bertz CT molecular complexity index is 836. The second kappa shape index (κ2) is 8.71. The highest BCUT2D eigenvalue weighted by Crippen LogP contribution is 2.13. The molecular weight excluding hydrogens is 331 g/mol. The number of halogens is 1. The fraction of sp³-hybridized carbons (Fsp3) is 0.150. The van der Waals surface area contributed by atoms with Gasteiger partial charge in [0.1, 0.15) is 5.82 Å². The van der Waals surface area contributed by atoms with E-state index in [1.54, 1.807) is 24.5 Å². The fourth-order valence-corrected chi connectivity index (χ4v) is 2.39. The number of amides is 2. The minimum atomic E-state index is -0.293. The van der Waals surface area contributed by atoms with Gasteiger partial charge in [-0.2, -0.15) is 0 Å². The first-order valence-electron chi connectivity index (χ1n) is 8.33. The predicted molar refractivity (Wildman–Crippen MR) is 97.8 cm³/mol. The van der Waals surface area contributed by atoms with E-state index in [-0.39, 0.29) is 11.8 Å². The molecule has 0 saturated heterocycles. The lowest BCUT2D eigenvalue weighted by atomic mass is 10.2. The first-order valence-corrected chi connectivity index (χ1v) is 8.33. The van der Waals surface area contributed by atoms with Crippen LogP contribution in [-0.4, -0.2) is 22.5 Å². The molecule has 3 aromatic rings. The first kappa shape index (κ1) is 17.5. The van der Waals surface area contributed by atoms with Crippen LogP contribution >= 0.6 is 0 Å². The van der Waals surface area contributed by atoms with Gasteiger partial charge < -0.3 is 10.6 Å². The van der Waals surface area contributed by atoms with Gasteiger partial charge in [-0.05, 0) is 29.7 Å². The molecule has 0 aliphatic carbocycles. The van der Waals surface area contributed by atoms with E-state index in [1.165, 1.54) is 12.1 Å². The smallest absolute Gasteiger partial charge is 0.315 e. The van der Waals surface area contributed by atoms with E-state index in [1.807, 2.05) is 30.3 Å². The van der Waals surface area contributed by atoms with Crippen LogP contribution in [0.4, 0.5) is 9.18 Å². The van der Waals surface area contributed by atoms with E-state index < -0.39 is 0 Å². The Balaban J connectivity index is 1.41. The Morgan fingerprint density at radius 1 is 0.885 bits per heavy atom.